The molecule has 1 saturated carbocycles. The van der Waals surface area contributed by atoms with Crippen molar-refractivity contribution in [1.29, 1.82) is 0 Å². The second-order valence-corrected chi connectivity index (χ2v) is 5.53. The zero-order valence-corrected chi connectivity index (χ0v) is 13.5. The van der Waals surface area contributed by atoms with E-state index in [0.29, 0.717) is 11.6 Å². The predicted octanol–water partition coefficient (Wildman–Crippen LogP) is 2.33. The van der Waals surface area contributed by atoms with E-state index < -0.39 is 0 Å². The van der Waals surface area contributed by atoms with Gasteiger partial charge in [0.2, 0.25) is 5.88 Å². The number of amides is 2. The van der Waals surface area contributed by atoms with Gasteiger partial charge in [-0.25, -0.2) is 9.78 Å². The first kappa shape index (κ1) is 17.1. The third-order valence-corrected chi connectivity index (χ3v) is 4.05. The molecule has 0 aromatic carbocycles. The number of carbonyl (C=O) groups is 2. The van der Waals surface area contributed by atoms with Gasteiger partial charge in [0.1, 0.15) is 5.69 Å². The van der Waals surface area contributed by atoms with Crippen molar-refractivity contribution in [3.63, 3.8) is 0 Å². The topological polar surface area (TPSA) is 89.5 Å². The van der Waals surface area contributed by atoms with E-state index in [0.717, 1.165) is 32.1 Å². The SMILES string of the molecule is COC(=O)[C@H]1CCCCC[C@H]1NC(=O)Nc1cccnc1OC. The molecule has 0 radical (unpaired) electrons. The van der Waals surface area contributed by atoms with Gasteiger partial charge >= 0.3 is 12.0 Å². The highest BCUT2D eigenvalue weighted by atomic mass is 16.5. The van der Waals surface area contributed by atoms with Crippen LogP contribution in [-0.2, 0) is 9.53 Å². The molecule has 2 amide bonds. The van der Waals surface area contributed by atoms with Crippen LogP contribution < -0.4 is 15.4 Å². The largest absolute Gasteiger partial charge is 0.480 e. The third-order valence-electron chi connectivity index (χ3n) is 4.05. The van der Waals surface area contributed by atoms with Crippen molar-refractivity contribution in [2.24, 2.45) is 5.92 Å². The molecule has 1 aromatic heterocycles. The van der Waals surface area contributed by atoms with E-state index in [4.69, 9.17) is 9.47 Å². The van der Waals surface area contributed by atoms with Gasteiger partial charge in [-0.05, 0) is 25.0 Å². The van der Waals surface area contributed by atoms with Crippen LogP contribution in [0.3, 0.4) is 0 Å². The van der Waals surface area contributed by atoms with Crippen molar-refractivity contribution in [3.8, 4) is 5.88 Å². The summed E-state index contributed by atoms with van der Waals surface area (Å²) in [6, 6.07) is 2.81. The van der Waals surface area contributed by atoms with E-state index >= 15 is 0 Å². The smallest absolute Gasteiger partial charge is 0.319 e. The lowest BCUT2D eigenvalue weighted by molar-refractivity contribution is -0.146. The molecule has 7 heteroatoms. The molecule has 1 aromatic rings. The van der Waals surface area contributed by atoms with Crippen LogP contribution in [0.25, 0.3) is 0 Å². The van der Waals surface area contributed by atoms with Crippen LogP contribution in [-0.4, -0.2) is 37.2 Å². The minimum absolute atomic E-state index is 0.229. The van der Waals surface area contributed by atoms with Crippen LogP contribution in [0.2, 0.25) is 0 Å². The number of anilines is 1. The lowest BCUT2D eigenvalue weighted by Crippen LogP contribution is -2.45. The summed E-state index contributed by atoms with van der Waals surface area (Å²) >= 11 is 0. The number of pyridine rings is 1. The molecular formula is C16H23N3O4. The van der Waals surface area contributed by atoms with Gasteiger partial charge < -0.3 is 20.1 Å². The fourth-order valence-electron chi connectivity index (χ4n) is 2.89. The maximum absolute atomic E-state index is 12.3. The van der Waals surface area contributed by atoms with Gasteiger partial charge in [-0.1, -0.05) is 19.3 Å². The molecule has 2 atom stereocenters. The fraction of sp³-hybridized carbons (Fsp3) is 0.562. The molecule has 126 valence electrons. The Morgan fingerprint density at radius 3 is 2.74 bits per heavy atom. The van der Waals surface area contributed by atoms with Gasteiger partial charge in [0.05, 0.1) is 20.1 Å². The molecule has 2 rings (SSSR count). The standard InChI is InChI=1S/C16H23N3O4/c1-22-14-13(9-6-10-17-14)19-16(21)18-12-8-5-3-4-7-11(12)15(20)23-2/h6,9-12H,3-5,7-8H2,1-2H3,(H2,18,19,21)/t11-,12+/m0/s1. The first-order chi connectivity index (χ1) is 11.2. The monoisotopic (exact) mass is 321 g/mol. The highest BCUT2D eigenvalue weighted by Crippen LogP contribution is 2.25. The van der Waals surface area contributed by atoms with Crippen molar-refractivity contribution >= 4 is 17.7 Å². The number of esters is 1. The minimum atomic E-state index is -0.378. The van der Waals surface area contributed by atoms with E-state index in [-0.39, 0.29) is 24.0 Å². The fourth-order valence-corrected chi connectivity index (χ4v) is 2.89. The molecule has 7 nitrogen and oxygen atoms in total. The van der Waals surface area contributed by atoms with Crippen LogP contribution in [0.15, 0.2) is 18.3 Å². The van der Waals surface area contributed by atoms with E-state index in [2.05, 4.69) is 15.6 Å². The number of hydrogen-bond donors (Lipinski definition) is 2. The van der Waals surface area contributed by atoms with Crippen LogP contribution in [0.4, 0.5) is 10.5 Å². The molecular weight excluding hydrogens is 298 g/mol. The van der Waals surface area contributed by atoms with Gasteiger partial charge in [0, 0.05) is 12.2 Å². The zero-order valence-electron chi connectivity index (χ0n) is 13.5. The van der Waals surface area contributed by atoms with E-state index in [1.165, 1.54) is 14.2 Å². The number of urea groups is 1. The molecule has 0 spiro atoms. The Morgan fingerprint density at radius 2 is 2.00 bits per heavy atom. The molecule has 0 aliphatic heterocycles. The second kappa shape index (κ2) is 8.36. The molecule has 2 N–H and O–H groups in total. The zero-order chi connectivity index (χ0) is 16.7. The third kappa shape index (κ3) is 4.58. The Bertz CT molecular complexity index is 550. The molecule has 0 saturated heterocycles. The summed E-state index contributed by atoms with van der Waals surface area (Å²) in [4.78, 5) is 28.2. The van der Waals surface area contributed by atoms with Crippen molar-refractivity contribution in [2.45, 2.75) is 38.1 Å². The molecule has 1 aliphatic carbocycles. The molecule has 1 fully saturated rings. The molecule has 0 bridgehead atoms. The van der Waals surface area contributed by atoms with Gasteiger partial charge in [-0.2, -0.15) is 0 Å². The number of nitrogens with zero attached hydrogens (tertiary/aromatic N) is 1. The summed E-state index contributed by atoms with van der Waals surface area (Å²) in [6.07, 6.45) is 6.08. The molecule has 1 aliphatic rings. The number of carbonyl (C=O) groups excluding carboxylic acids is 2. The minimum Gasteiger partial charge on any atom is -0.480 e. The van der Waals surface area contributed by atoms with Gasteiger partial charge in [-0.15, -0.1) is 0 Å². The Hall–Kier alpha value is -2.31. The lowest BCUT2D eigenvalue weighted by atomic mass is 9.95. The van der Waals surface area contributed by atoms with E-state index in [9.17, 15) is 9.59 Å². The van der Waals surface area contributed by atoms with E-state index in [1.54, 1.807) is 18.3 Å². The van der Waals surface area contributed by atoms with Crippen LogP contribution in [0, 0.1) is 5.92 Å². The Labute approximate surface area is 135 Å². The summed E-state index contributed by atoms with van der Waals surface area (Å²) in [5, 5.41) is 5.61. The maximum Gasteiger partial charge on any atom is 0.319 e. The summed E-state index contributed by atoms with van der Waals surface area (Å²) in [5.41, 5.74) is 0.482. The molecule has 1 heterocycles. The molecule has 23 heavy (non-hydrogen) atoms. The quantitative estimate of drug-likeness (QED) is 0.656. The molecule has 0 unspecified atom stereocenters. The summed E-state index contributed by atoms with van der Waals surface area (Å²) in [7, 11) is 2.87. The number of hydrogen-bond acceptors (Lipinski definition) is 5. The van der Waals surface area contributed by atoms with Gasteiger partial charge in [0.25, 0.3) is 0 Å². The first-order valence-corrected chi connectivity index (χ1v) is 7.80. The van der Waals surface area contributed by atoms with Gasteiger partial charge in [0.15, 0.2) is 0 Å². The number of ether oxygens (including phenoxy) is 2. The van der Waals surface area contributed by atoms with Gasteiger partial charge in [-0.3, -0.25) is 4.79 Å². The number of rotatable bonds is 4. The number of methoxy groups -OCH3 is 2. The van der Waals surface area contributed by atoms with E-state index in [1.807, 2.05) is 0 Å². The second-order valence-electron chi connectivity index (χ2n) is 5.53. The lowest BCUT2D eigenvalue weighted by Gasteiger charge is -2.24. The number of nitrogens with one attached hydrogen (secondary N) is 2. The predicted molar refractivity (Wildman–Crippen MR) is 85.3 cm³/mol. The van der Waals surface area contributed by atoms with Crippen molar-refractivity contribution < 1.29 is 19.1 Å². The highest BCUT2D eigenvalue weighted by molar-refractivity contribution is 5.91. The van der Waals surface area contributed by atoms with Crippen LogP contribution >= 0.6 is 0 Å². The number of aromatic nitrogens is 1. The summed E-state index contributed by atoms with van der Waals surface area (Å²) < 4.78 is 9.98. The summed E-state index contributed by atoms with van der Waals surface area (Å²) in [5.74, 6) is -0.228. The Kier molecular flexibility index (Phi) is 6.19. The summed E-state index contributed by atoms with van der Waals surface area (Å²) in [6.45, 7) is 0. The average molecular weight is 321 g/mol. The van der Waals surface area contributed by atoms with Crippen molar-refractivity contribution in [2.75, 3.05) is 19.5 Å². The van der Waals surface area contributed by atoms with Crippen molar-refractivity contribution in [3.05, 3.63) is 18.3 Å². The normalized spacial score (nSPS) is 21.0. The Balaban J connectivity index is 2.03. The first-order valence-electron chi connectivity index (χ1n) is 7.80. The maximum atomic E-state index is 12.3. The van der Waals surface area contributed by atoms with Crippen molar-refractivity contribution in [1.82, 2.24) is 10.3 Å². The van der Waals surface area contributed by atoms with Crippen LogP contribution in [0.5, 0.6) is 5.88 Å². The Morgan fingerprint density at radius 1 is 1.22 bits per heavy atom. The van der Waals surface area contributed by atoms with Crippen LogP contribution in [0.1, 0.15) is 32.1 Å². The average Bonchev–Trinajstić information content (AvgIpc) is 2.80. The highest BCUT2D eigenvalue weighted by Gasteiger charge is 2.31.